The zero-order chi connectivity index (χ0) is 15.6. The van der Waals surface area contributed by atoms with Crippen LogP contribution in [0, 0.1) is 5.92 Å². The molecule has 5 heteroatoms. The van der Waals surface area contributed by atoms with E-state index >= 15 is 0 Å². The fourth-order valence-electron chi connectivity index (χ4n) is 2.67. The summed E-state index contributed by atoms with van der Waals surface area (Å²) in [6.45, 7) is 5.36. The molecular weight excluding hydrogens is 274 g/mol. The van der Waals surface area contributed by atoms with Gasteiger partial charge in [-0.1, -0.05) is 45.0 Å². The molecule has 1 fully saturated rings. The van der Waals surface area contributed by atoms with E-state index in [1.165, 1.54) is 10.5 Å². The fourth-order valence-corrected chi connectivity index (χ4v) is 2.67. The van der Waals surface area contributed by atoms with Gasteiger partial charge in [-0.2, -0.15) is 0 Å². The number of carbonyl (C=O) groups is 1. The average molecular weight is 296 g/mol. The van der Waals surface area contributed by atoms with Gasteiger partial charge >= 0.3 is 0 Å². The van der Waals surface area contributed by atoms with Crippen molar-refractivity contribution in [2.24, 2.45) is 5.92 Å². The third-order valence-electron chi connectivity index (χ3n) is 3.90. The van der Waals surface area contributed by atoms with Gasteiger partial charge in [0.15, 0.2) is 0 Å². The molecule has 0 radical (unpaired) electrons. The predicted octanol–water partition coefficient (Wildman–Crippen LogP) is 2.97. The standard InChI is InChI=1S/C16H22F2N2O/c1-4-11-5-7-12(8-6-11)15-19-14(10(2)3)16(21)20(15)9-13(17)18/h5-8,10,13-15,19H,4,9H2,1-3H3. The Morgan fingerprint density at radius 2 is 1.86 bits per heavy atom. The molecule has 0 spiro atoms. The van der Waals surface area contributed by atoms with E-state index in [0.29, 0.717) is 0 Å². The molecule has 1 aromatic rings. The molecule has 1 aliphatic rings. The second kappa shape index (κ2) is 6.52. The van der Waals surface area contributed by atoms with Crippen LogP contribution in [0.3, 0.4) is 0 Å². The van der Waals surface area contributed by atoms with Crippen LogP contribution < -0.4 is 5.32 Å². The van der Waals surface area contributed by atoms with E-state index in [9.17, 15) is 13.6 Å². The number of hydrogen-bond donors (Lipinski definition) is 1. The number of nitrogens with one attached hydrogen (secondary N) is 1. The lowest BCUT2D eigenvalue weighted by molar-refractivity contribution is -0.132. The third-order valence-corrected chi connectivity index (χ3v) is 3.90. The first kappa shape index (κ1) is 15.9. The summed E-state index contributed by atoms with van der Waals surface area (Å²) in [6.07, 6.45) is -2.07. The van der Waals surface area contributed by atoms with Crippen LogP contribution in [0.1, 0.15) is 38.1 Å². The number of amides is 1. The average Bonchev–Trinajstić information content (AvgIpc) is 2.76. The second-order valence-electron chi connectivity index (χ2n) is 5.77. The van der Waals surface area contributed by atoms with Crippen molar-refractivity contribution in [2.45, 2.75) is 45.8 Å². The second-order valence-corrected chi connectivity index (χ2v) is 5.77. The minimum atomic E-state index is -2.53. The molecule has 0 aliphatic carbocycles. The lowest BCUT2D eigenvalue weighted by Gasteiger charge is -2.24. The lowest BCUT2D eigenvalue weighted by atomic mass is 10.0. The van der Waals surface area contributed by atoms with Crippen LogP contribution in [0.5, 0.6) is 0 Å². The van der Waals surface area contributed by atoms with E-state index in [1.807, 2.05) is 38.1 Å². The summed E-state index contributed by atoms with van der Waals surface area (Å²) >= 11 is 0. The van der Waals surface area contributed by atoms with Crippen molar-refractivity contribution in [3.05, 3.63) is 35.4 Å². The van der Waals surface area contributed by atoms with E-state index in [2.05, 4.69) is 12.2 Å². The first-order chi connectivity index (χ1) is 9.93. The maximum absolute atomic E-state index is 12.8. The van der Waals surface area contributed by atoms with Crippen molar-refractivity contribution in [3.8, 4) is 0 Å². The topological polar surface area (TPSA) is 32.3 Å². The molecule has 0 aromatic heterocycles. The number of hydrogen-bond acceptors (Lipinski definition) is 2. The van der Waals surface area contributed by atoms with Gasteiger partial charge < -0.3 is 4.90 Å². The smallest absolute Gasteiger partial charge is 0.255 e. The third kappa shape index (κ3) is 3.40. The van der Waals surface area contributed by atoms with Gasteiger partial charge in [0, 0.05) is 0 Å². The summed E-state index contributed by atoms with van der Waals surface area (Å²) in [5.41, 5.74) is 2.04. The van der Waals surface area contributed by atoms with Crippen molar-refractivity contribution >= 4 is 5.91 Å². The first-order valence-electron chi connectivity index (χ1n) is 7.37. The van der Waals surface area contributed by atoms with Gasteiger partial charge in [-0.15, -0.1) is 0 Å². The minimum Gasteiger partial charge on any atom is -0.316 e. The Kier molecular flexibility index (Phi) is 4.93. The van der Waals surface area contributed by atoms with Crippen molar-refractivity contribution in [1.29, 1.82) is 0 Å². The number of nitrogens with zero attached hydrogens (tertiary/aromatic N) is 1. The first-order valence-corrected chi connectivity index (χ1v) is 7.37. The minimum absolute atomic E-state index is 0.0672. The van der Waals surface area contributed by atoms with Crippen molar-refractivity contribution in [3.63, 3.8) is 0 Å². The predicted molar refractivity (Wildman–Crippen MR) is 78.0 cm³/mol. The summed E-state index contributed by atoms with van der Waals surface area (Å²) in [5.74, 6) is -0.174. The normalized spacial score (nSPS) is 22.6. The molecule has 2 atom stereocenters. The van der Waals surface area contributed by atoms with Gasteiger partial charge in [0.1, 0.15) is 6.17 Å². The molecule has 1 heterocycles. The highest BCUT2D eigenvalue weighted by atomic mass is 19.3. The summed E-state index contributed by atoms with van der Waals surface area (Å²) in [7, 11) is 0. The molecule has 1 aliphatic heterocycles. The van der Waals surface area contributed by atoms with Crippen LogP contribution in [-0.4, -0.2) is 29.8 Å². The zero-order valence-electron chi connectivity index (χ0n) is 12.6. The van der Waals surface area contributed by atoms with E-state index in [0.717, 1.165) is 12.0 Å². The van der Waals surface area contributed by atoms with Crippen LogP contribution in [0.25, 0.3) is 0 Å². The SMILES string of the molecule is CCc1ccc(C2NC(C(C)C)C(=O)N2CC(F)F)cc1. The number of aryl methyl sites for hydroxylation is 1. The molecule has 1 amide bonds. The van der Waals surface area contributed by atoms with Crippen LogP contribution in [0.2, 0.25) is 0 Å². The molecule has 2 unspecified atom stereocenters. The van der Waals surface area contributed by atoms with E-state index in [1.54, 1.807) is 0 Å². The molecule has 116 valence electrons. The maximum atomic E-state index is 12.8. The Hall–Kier alpha value is -1.49. The van der Waals surface area contributed by atoms with Gasteiger partial charge in [-0.25, -0.2) is 8.78 Å². The lowest BCUT2D eigenvalue weighted by Crippen LogP contribution is -2.36. The Morgan fingerprint density at radius 1 is 1.24 bits per heavy atom. The van der Waals surface area contributed by atoms with Gasteiger partial charge in [-0.3, -0.25) is 10.1 Å². The van der Waals surface area contributed by atoms with E-state index in [-0.39, 0.29) is 11.8 Å². The van der Waals surface area contributed by atoms with E-state index < -0.39 is 25.2 Å². The number of alkyl halides is 2. The molecule has 1 saturated heterocycles. The fraction of sp³-hybridized carbons (Fsp3) is 0.562. The largest absolute Gasteiger partial charge is 0.316 e. The van der Waals surface area contributed by atoms with Crippen LogP contribution in [0.4, 0.5) is 8.78 Å². The maximum Gasteiger partial charge on any atom is 0.255 e. The van der Waals surface area contributed by atoms with Crippen LogP contribution in [0.15, 0.2) is 24.3 Å². The molecule has 0 saturated carbocycles. The monoisotopic (exact) mass is 296 g/mol. The summed E-state index contributed by atoms with van der Waals surface area (Å²) in [6, 6.07) is 7.37. The van der Waals surface area contributed by atoms with Gasteiger partial charge in [0.05, 0.1) is 12.6 Å². The number of benzene rings is 1. The Balaban J connectivity index is 2.27. The Bertz CT molecular complexity index is 488. The van der Waals surface area contributed by atoms with Gasteiger partial charge in [0.25, 0.3) is 6.43 Å². The number of carbonyl (C=O) groups excluding carboxylic acids is 1. The molecule has 2 rings (SSSR count). The highest BCUT2D eigenvalue weighted by Gasteiger charge is 2.41. The molecule has 21 heavy (non-hydrogen) atoms. The van der Waals surface area contributed by atoms with Crippen molar-refractivity contribution < 1.29 is 13.6 Å². The molecule has 1 N–H and O–H groups in total. The Labute approximate surface area is 124 Å². The van der Waals surface area contributed by atoms with Crippen LogP contribution >= 0.6 is 0 Å². The molecule has 0 bridgehead atoms. The number of halogens is 2. The van der Waals surface area contributed by atoms with Crippen molar-refractivity contribution in [1.82, 2.24) is 10.2 Å². The molecule has 1 aromatic carbocycles. The van der Waals surface area contributed by atoms with Crippen molar-refractivity contribution in [2.75, 3.05) is 6.54 Å². The molecular formula is C16H22F2N2O. The Morgan fingerprint density at radius 3 is 2.33 bits per heavy atom. The number of rotatable bonds is 5. The zero-order valence-corrected chi connectivity index (χ0v) is 12.6. The van der Waals surface area contributed by atoms with Crippen LogP contribution in [-0.2, 0) is 11.2 Å². The highest BCUT2D eigenvalue weighted by Crippen LogP contribution is 2.29. The highest BCUT2D eigenvalue weighted by molar-refractivity contribution is 5.84. The summed E-state index contributed by atoms with van der Waals surface area (Å²) in [5, 5.41) is 3.19. The van der Waals surface area contributed by atoms with Gasteiger partial charge in [-0.05, 0) is 23.5 Å². The quantitative estimate of drug-likeness (QED) is 0.906. The summed E-state index contributed by atoms with van der Waals surface area (Å²) in [4.78, 5) is 13.6. The summed E-state index contributed by atoms with van der Waals surface area (Å²) < 4.78 is 25.5. The molecule has 3 nitrogen and oxygen atoms in total. The van der Waals surface area contributed by atoms with E-state index in [4.69, 9.17) is 0 Å². The van der Waals surface area contributed by atoms with Gasteiger partial charge in [0.2, 0.25) is 5.91 Å².